The molecule has 0 saturated carbocycles. The Bertz CT molecular complexity index is 1470. The van der Waals surface area contributed by atoms with E-state index in [0.717, 1.165) is 5.69 Å². The van der Waals surface area contributed by atoms with Gasteiger partial charge in [0.05, 0.1) is 28.4 Å². The summed E-state index contributed by atoms with van der Waals surface area (Å²) in [5.74, 6) is 0. The van der Waals surface area contributed by atoms with Gasteiger partial charge in [0.1, 0.15) is 0 Å². The first-order chi connectivity index (χ1) is 13.3. The number of hydrogen-bond acceptors (Lipinski definition) is 1. The van der Waals surface area contributed by atoms with Gasteiger partial charge in [0.2, 0.25) is 0 Å². The molecule has 0 amide bonds. The average Bonchev–Trinajstić information content (AvgIpc) is 3.22. The van der Waals surface area contributed by atoms with Gasteiger partial charge >= 0.3 is 0 Å². The maximum Gasteiger partial charge on any atom is 0.0645 e. The summed E-state index contributed by atoms with van der Waals surface area (Å²) in [6.07, 6.45) is 3.76. The molecule has 0 bridgehead atoms. The molecule has 27 heavy (non-hydrogen) atoms. The van der Waals surface area contributed by atoms with Crippen LogP contribution in [0.25, 0.3) is 49.3 Å². The number of hydrogen-bond donors (Lipinski definition) is 0. The highest BCUT2D eigenvalue weighted by atomic mass is 15.0. The summed E-state index contributed by atoms with van der Waals surface area (Å²) in [6, 6.07) is 25.9. The van der Waals surface area contributed by atoms with Crippen LogP contribution in [0.3, 0.4) is 0 Å². The Balaban J connectivity index is 1.97. The van der Waals surface area contributed by atoms with E-state index in [1.54, 1.807) is 0 Å². The SMILES string of the molecule is Cn1c2ccccc2c2c1ccc1c3ccccc3n(-c3cccnc3)c12. The Kier molecular flexibility index (Phi) is 2.81. The lowest BCUT2D eigenvalue weighted by atomic mass is 10.1. The van der Waals surface area contributed by atoms with Crippen LogP contribution in [0.15, 0.2) is 85.2 Å². The van der Waals surface area contributed by atoms with Gasteiger partial charge in [-0.1, -0.05) is 42.5 Å². The van der Waals surface area contributed by atoms with Crippen LogP contribution < -0.4 is 0 Å². The Morgan fingerprint density at radius 2 is 1.44 bits per heavy atom. The minimum atomic E-state index is 1.09. The maximum atomic E-state index is 4.38. The van der Waals surface area contributed by atoms with Gasteiger partial charge in [0, 0.05) is 40.3 Å². The molecule has 6 rings (SSSR count). The Morgan fingerprint density at radius 1 is 0.667 bits per heavy atom. The predicted octanol–water partition coefficient (Wildman–Crippen LogP) is 5.82. The van der Waals surface area contributed by atoms with Crippen LogP contribution in [0.5, 0.6) is 0 Å². The molecule has 3 nitrogen and oxygen atoms in total. The van der Waals surface area contributed by atoms with Crippen LogP contribution in [0.1, 0.15) is 0 Å². The normalized spacial score (nSPS) is 11.9. The van der Waals surface area contributed by atoms with Gasteiger partial charge in [-0.25, -0.2) is 0 Å². The second-order valence-electron chi connectivity index (χ2n) is 7.00. The number of aryl methyl sites for hydroxylation is 1. The fourth-order valence-electron chi connectivity index (χ4n) is 4.45. The molecule has 0 saturated heterocycles. The van der Waals surface area contributed by atoms with Crippen LogP contribution in [0, 0.1) is 0 Å². The van der Waals surface area contributed by atoms with Crippen molar-refractivity contribution in [2.75, 3.05) is 0 Å². The third kappa shape index (κ3) is 1.83. The molecular weight excluding hydrogens is 330 g/mol. The summed E-state index contributed by atoms with van der Waals surface area (Å²) in [7, 11) is 2.15. The topological polar surface area (TPSA) is 22.8 Å². The highest BCUT2D eigenvalue weighted by molar-refractivity contribution is 6.25. The molecule has 0 spiro atoms. The molecule has 128 valence electrons. The van der Waals surface area contributed by atoms with Gasteiger partial charge in [-0.3, -0.25) is 4.98 Å². The molecule has 3 heteroatoms. The molecule has 6 aromatic rings. The Morgan fingerprint density at radius 3 is 2.26 bits per heavy atom. The molecule has 3 heterocycles. The highest BCUT2D eigenvalue weighted by Crippen LogP contribution is 2.40. The van der Waals surface area contributed by atoms with Crippen LogP contribution in [0.2, 0.25) is 0 Å². The number of pyridine rings is 1. The number of para-hydroxylation sites is 2. The lowest BCUT2D eigenvalue weighted by molar-refractivity contribution is 1.01. The van der Waals surface area contributed by atoms with Crippen molar-refractivity contribution in [3.05, 3.63) is 85.2 Å². The third-order valence-electron chi connectivity index (χ3n) is 5.61. The number of benzene rings is 3. The van der Waals surface area contributed by atoms with Crippen LogP contribution >= 0.6 is 0 Å². The molecule has 0 aliphatic carbocycles. The fraction of sp³-hybridized carbons (Fsp3) is 0.0417. The van der Waals surface area contributed by atoms with Gasteiger partial charge in [0.25, 0.3) is 0 Å². The van der Waals surface area contributed by atoms with E-state index in [9.17, 15) is 0 Å². The summed E-state index contributed by atoms with van der Waals surface area (Å²) in [4.78, 5) is 4.38. The van der Waals surface area contributed by atoms with Crippen molar-refractivity contribution in [1.82, 2.24) is 14.1 Å². The number of aromatic nitrogens is 3. The summed E-state index contributed by atoms with van der Waals surface area (Å²) in [6.45, 7) is 0. The first-order valence-corrected chi connectivity index (χ1v) is 9.14. The van der Waals surface area contributed by atoms with Crippen molar-refractivity contribution in [2.24, 2.45) is 7.05 Å². The van der Waals surface area contributed by atoms with Crippen molar-refractivity contribution in [1.29, 1.82) is 0 Å². The Hall–Kier alpha value is -3.59. The highest BCUT2D eigenvalue weighted by Gasteiger charge is 2.18. The van der Waals surface area contributed by atoms with E-state index in [0.29, 0.717) is 0 Å². The van der Waals surface area contributed by atoms with E-state index < -0.39 is 0 Å². The van der Waals surface area contributed by atoms with Gasteiger partial charge in [-0.05, 0) is 30.3 Å². The van der Waals surface area contributed by atoms with E-state index >= 15 is 0 Å². The fourth-order valence-corrected chi connectivity index (χ4v) is 4.45. The van der Waals surface area contributed by atoms with Crippen LogP contribution in [-0.2, 0) is 7.05 Å². The molecule has 0 radical (unpaired) electrons. The molecule has 0 aliphatic rings. The zero-order valence-electron chi connectivity index (χ0n) is 14.9. The molecule has 0 unspecified atom stereocenters. The zero-order valence-corrected chi connectivity index (χ0v) is 14.9. The monoisotopic (exact) mass is 347 g/mol. The van der Waals surface area contributed by atoms with Crippen molar-refractivity contribution >= 4 is 43.6 Å². The summed E-state index contributed by atoms with van der Waals surface area (Å²) in [5, 5.41) is 5.13. The molecule has 0 atom stereocenters. The van der Waals surface area contributed by atoms with Gasteiger partial charge < -0.3 is 9.13 Å². The molecule has 3 aromatic carbocycles. The molecular formula is C24H17N3. The van der Waals surface area contributed by atoms with E-state index in [4.69, 9.17) is 0 Å². The quantitative estimate of drug-likeness (QED) is 0.367. The lowest BCUT2D eigenvalue weighted by Gasteiger charge is -2.08. The third-order valence-corrected chi connectivity index (χ3v) is 5.61. The van der Waals surface area contributed by atoms with Crippen LogP contribution in [-0.4, -0.2) is 14.1 Å². The smallest absolute Gasteiger partial charge is 0.0645 e. The van der Waals surface area contributed by atoms with Crippen molar-refractivity contribution < 1.29 is 0 Å². The van der Waals surface area contributed by atoms with E-state index in [1.165, 1.54) is 43.6 Å². The average molecular weight is 347 g/mol. The molecule has 3 aromatic heterocycles. The first kappa shape index (κ1) is 14.6. The molecule has 0 fully saturated rings. The largest absolute Gasteiger partial charge is 0.344 e. The molecule has 0 aliphatic heterocycles. The van der Waals surface area contributed by atoms with Crippen molar-refractivity contribution in [3.8, 4) is 5.69 Å². The summed E-state index contributed by atoms with van der Waals surface area (Å²) >= 11 is 0. The first-order valence-electron chi connectivity index (χ1n) is 9.14. The predicted molar refractivity (Wildman–Crippen MR) is 113 cm³/mol. The van der Waals surface area contributed by atoms with Gasteiger partial charge in [-0.2, -0.15) is 0 Å². The van der Waals surface area contributed by atoms with Crippen LogP contribution in [0.4, 0.5) is 0 Å². The minimum Gasteiger partial charge on any atom is -0.344 e. The number of rotatable bonds is 1. The standard InChI is InChI=1S/C24H17N3/c1-26-20-10-4-3-9-19(20)23-22(26)13-12-18-17-8-2-5-11-21(17)27(24(18)23)16-7-6-14-25-15-16/h2-15H,1H3. The Labute approximate surface area is 156 Å². The van der Waals surface area contributed by atoms with E-state index in [1.807, 2.05) is 18.5 Å². The van der Waals surface area contributed by atoms with E-state index in [-0.39, 0.29) is 0 Å². The second kappa shape index (κ2) is 5.21. The number of nitrogens with zero attached hydrogens (tertiary/aromatic N) is 3. The summed E-state index contributed by atoms with van der Waals surface area (Å²) < 4.78 is 4.64. The van der Waals surface area contributed by atoms with Crippen molar-refractivity contribution in [3.63, 3.8) is 0 Å². The van der Waals surface area contributed by atoms with Gasteiger partial charge in [-0.15, -0.1) is 0 Å². The van der Waals surface area contributed by atoms with Gasteiger partial charge in [0.15, 0.2) is 0 Å². The van der Waals surface area contributed by atoms with E-state index in [2.05, 4.69) is 87.9 Å². The zero-order chi connectivity index (χ0) is 18.0. The summed E-state index contributed by atoms with van der Waals surface area (Å²) in [5.41, 5.74) is 6.04. The second-order valence-corrected chi connectivity index (χ2v) is 7.00. The minimum absolute atomic E-state index is 1.09. The number of fused-ring (bicyclic) bond motifs is 7. The maximum absolute atomic E-state index is 4.38. The van der Waals surface area contributed by atoms with Crippen molar-refractivity contribution in [2.45, 2.75) is 0 Å². The lowest BCUT2D eigenvalue weighted by Crippen LogP contribution is -1.94. The molecule has 0 N–H and O–H groups in total.